The third kappa shape index (κ3) is 4.38. The first-order valence-corrected chi connectivity index (χ1v) is 8.37. The second-order valence-corrected chi connectivity index (χ2v) is 6.06. The summed E-state index contributed by atoms with van der Waals surface area (Å²) in [5.41, 5.74) is 0.894. The smallest absolute Gasteiger partial charge is 0.262 e. The molecule has 5 heteroatoms. The second-order valence-electron chi connectivity index (χ2n) is 6.06. The summed E-state index contributed by atoms with van der Waals surface area (Å²) in [6.07, 6.45) is 2.40. The molecule has 0 radical (unpaired) electrons. The van der Waals surface area contributed by atoms with Crippen molar-refractivity contribution in [1.82, 2.24) is 10.3 Å². The molecule has 0 amide bonds. The maximum atomic E-state index is 6.00. The lowest BCUT2D eigenvalue weighted by Gasteiger charge is -2.23. The van der Waals surface area contributed by atoms with E-state index in [1.165, 1.54) is 12.8 Å². The summed E-state index contributed by atoms with van der Waals surface area (Å²) in [5, 5.41) is 3.41. The van der Waals surface area contributed by atoms with Gasteiger partial charge in [0, 0.05) is 18.2 Å². The Bertz CT molecular complexity index is 652. The normalized spacial score (nSPS) is 17.3. The van der Waals surface area contributed by atoms with Gasteiger partial charge in [-0.05, 0) is 62.7 Å². The third-order valence-corrected chi connectivity index (χ3v) is 4.11. The lowest BCUT2D eigenvalue weighted by molar-refractivity contribution is 0.211. The number of piperidine rings is 1. The van der Waals surface area contributed by atoms with Gasteiger partial charge in [-0.15, -0.1) is 0 Å². The maximum absolute atomic E-state index is 6.00. The molecular formula is C19H24N2O3. The zero-order valence-corrected chi connectivity index (χ0v) is 14.2. The van der Waals surface area contributed by atoms with Crippen molar-refractivity contribution in [1.29, 1.82) is 0 Å². The van der Waals surface area contributed by atoms with Crippen LogP contribution in [0.3, 0.4) is 0 Å². The minimum absolute atomic E-state index is 0.504. The molecule has 1 aromatic heterocycles. The Labute approximate surface area is 143 Å². The van der Waals surface area contributed by atoms with Crippen LogP contribution in [0.5, 0.6) is 23.1 Å². The molecule has 1 fully saturated rings. The monoisotopic (exact) mass is 328 g/mol. The van der Waals surface area contributed by atoms with E-state index in [0.29, 0.717) is 29.9 Å². The minimum atomic E-state index is 0.504. The summed E-state index contributed by atoms with van der Waals surface area (Å²) in [6, 6.07) is 11.3. The Balaban J connectivity index is 1.69. The molecule has 1 N–H and O–H groups in total. The van der Waals surface area contributed by atoms with Gasteiger partial charge in [-0.3, -0.25) is 0 Å². The first kappa shape index (κ1) is 16.6. The largest absolute Gasteiger partial charge is 0.497 e. The molecule has 128 valence electrons. The number of nitrogens with zero attached hydrogens (tertiary/aromatic N) is 1. The number of aromatic nitrogens is 1. The number of rotatable bonds is 6. The van der Waals surface area contributed by atoms with E-state index in [4.69, 9.17) is 14.2 Å². The van der Waals surface area contributed by atoms with E-state index in [1.54, 1.807) is 7.11 Å². The number of hydrogen-bond donors (Lipinski definition) is 1. The van der Waals surface area contributed by atoms with Crippen molar-refractivity contribution in [3.8, 4) is 23.1 Å². The summed E-state index contributed by atoms with van der Waals surface area (Å²) in [5.74, 6) is 3.22. The zero-order valence-electron chi connectivity index (χ0n) is 14.2. The van der Waals surface area contributed by atoms with Crippen LogP contribution in [0.1, 0.15) is 18.5 Å². The highest BCUT2D eigenvalue weighted by Gasteiger charge is 2.16. The topological polar surface area (TPSA) is 52.6 Å². The molecule has 1 saturated heterocycles. The van der Waals surface area contributed by atoms with Gasteiger partial charge >= 0.3 is 0 Å². The van der Waals surface area contributed by atoms with Gasteiger partial charge in [0.05, 0.1) is 13.7 Å². The number of hydrogen-bond acceptors (Lipinski definition) is 5. The molecule has 1 aliphatic rings. The van der Waals surface area contributed by atoms with Crippen molar-refractivity contribution >= 4 is 0 Å². The fourth-order valence-corrected chi connectivity index (χ4v) is 2.73. The molecule has 2 aromatic rings. The minimum Gasteiger partial charge on any atom is -0.497 e. The quantitative estimate of drug-likeness (QED) is 0.878. The predicted molar refractivity (Wildman–Crippen MR) is 93.1 cm³/mol. The number of benzene rings is 1. The third-order valence-electron chi connectivity index (χ3n) is 4.11. The van der Waals surface area contributed by atoms with Crippen molar-refractivity contribution in [3.63, 3.8) is 0 Å². The van der Waals surface area contributed by atoms with Gasteiger partial charge in [0.2, 0.25) is 0 Å². The fraction of sp³-hybridized carbons (Fsp3) is 0.421. The number of pyridine rings is 1. The van der Waals surface area contributed by atoms with Gasteiger partial charge in [0.25, 0.3) is 5.88 Å². The van der Waals surface area contributed by atoms with Gasteiger partial charge < -0.3 is 19.5 Å². The van der Waals surface area contributed by atoms with Crippen molar-refractivity contribution in [2.24, 2.45) is 5.92 Å². The number of nitrogens with one attached hydrogen (secondary N) is 1. The van der Waals surface area contributed by atoms with E-state index in [0.717, 1.165) is 24.5 Å². The van der Waals surface area contributed by atoms with Gasteiger partial charge in [-0.25, -0.2) is 4.98 Å². The second kappa shape index (κ2) is 8.02. The van der Waals surface area contributed by atoms with Crippen LogP contribution in [0.2, 0.25) is 0 Å². The Morgan fingerprint density at radius 2 is 1.92 bits per heavy atom. The Morgan fingerprint density at radius 3 is 2.62 bits per heavy atom. The maximum Gasteiger partial charge on any atom is 0.262 e. The summed E-state index contributed by atoms with van der Waals surface area (Å²) in [7, 11) is 1.64. The molecule has 0 aliphatic carbocycles. The van der Waals surface area contributed by atoms with Gasteiger partial charge in [-0.1, -0.05) is 0 Å². The molecule has 1 aromatic carbocycles. The zero-order chi connectivity index (χ0) is 16.8. The van der Waals surface area contributed by atoms with Crippen LogP contribution >= 0.6 is 0 Å². The molecule has 1 unspecified atom stereocenters. The van der Waals surface area contributed by atoms with Crippen LogP contribution in [-0.2, 0) is 0 Å². The van der Waals surface area contributed by atoms with Crippen LogP contribution in [0.25, 0.3) is 0 Å². The lowest BCUT2D eigenvalue weighted by Crippen LogP contribution is -2.33. The number of aryl methyl sites for hydroxylation is 1. The summed E-state index contributed by atoms with van der Waals surface area (Å²) >= 11 is 0. The molecule has 24 heavy (non-hydrogen) atoms. The molecular weight excluding hydrogens is 304 g/mol. The summed E-state index contributed by atoms with van der Waals surface area (Å²) < 4.78 is 17.1. The molecule has 0 saturated carbocycles. The Kier molecular flexibility index (Phi) is 5.54. The van der Waals surface area contributed by atoms with Crippen LogP contribution in [0, 0.1) is 12.8 Å². The van der Waals surface area contributed by atoms with E-state index in [1.807, 2.05) is 43.3 Å². The molecule has 5 nitrogen and oxygen atoms in total. The highest BCUT2D eigenvalue weighted by Crippen LogP contribution is 2.31. The summed E-state index contributed by atoms with van der Waals surface area (Å²) in [4.78, 5) is 4.48. The van der Waals surface area contributed by atoms with Crippen LogP contribution in [0.4, 0.5) is 0 Å². The SMILES string of the molecule is COc1ccc(Oc2nc(C)ccc2OCC2CCCNC2)cc1. The molecule has 1 atom stereocenters. The standard InChI is InChI=1S/C19H24N2O3/c1-14-5-10-18(23-13-15-4-3-11-20-12-15)19(21-14)24-17-8-6-16(22-2)7-9-17/h5-10,15,20H,3-4,11-13H2,1-2H3. The number of methoxy groups -OCH3 is 1. The molecule has 3 rings (SSSR count). The van der Waals surface area contributed by atoms with E-state index in [2.05, 4.69) is 10.3 Å². The average Bonchev–Trinajstić information content (AvgIpc) is 2.62. The fourth-order valence-electron chi connectivity index (χ4n) is 2.73. The van der Waals surface area contributed by atoms with Crippen molar-refractivity contribution in [2.45, 2.75) is 19.8 Å². The van der Waals surface area contributed by atoms with Crippen molar-refractivity contribution in [2.75, 3.05) is 26.8 Å². The van der Waals surface area contributed by atoms with E-state index in [-0.39, 0.29) is 0 Å². The van der Waals surface area contributed by atoms with Gasteiger partial charge in [0.15, 0.2) is 5.75 Å². The van der Waals surface area contributed by atoms with Gasteiger partial charge in [0.1, 0.15) is 11.5 Å². The van der Waals surface area contributed by atoms with Crippen LogP contribution < -0.4 is 19.5 Å². The van der Waals surface area contributed by atoms with Crippen LogP contribution in [-0.4, -0.2) is 31.8 Å². The first-order chi connectivity index (χ1) is 11.7. The van der Waals surface area contributed by atoms with E-state index in [9.17, 15) is 0 Å². The molecule has 0 spiro atoms. The van der Waals surface area contributed by atoms with Crippen molar-refractivity contribution < 1.29 is 14.2 Å². The Hall–Kier alpha value is -2.27. The summed E-state index contributed by atoms with van der Waals surface area (Å²) in [6.45, 7) is 4.73. The lowest BCUT2D eigenvalue weighted by atomic mass is 10.0. The van der Waals surface area contributed by atoms with E-state index < -0.39 is 0 Å². The highest BCUT2D eigenvalue weighted by molar-refractivity contribution is 5.40. The first-order valence-electron chi connectivity index (χ1n) is 8.37. The average molecular weight is 328 g/mol. The molecule has 2 heterocycles. The number of ether oxygens (including phenoxy) is 3. The van der Waals surface area contributed by atoms with E-state index >= 15 is 0 Å². The van der Waals surface area contributed by atoms with Gasteiger partial charge in [-0.2, -0.15) is 0 Å². The predicted octanol–water partition coefficient (Wildman–Crippen LogP) is 3.57. The highest BCUT2D eigenvalue weighted by atomic mass is 16.5. The Morgan fingerprint density at radius 1 is 1.12 bits per heavy atom. The van der Waals surface area contributed by atoms with Crippen molar-refractivity contribution in [3.05, 3.63) is 42.1 Å². The van der Waals surface area contributed by atoms with Crippen LogP contribution in [0.15, 0.2) is 36.4 Å². The molecule has 0 bridgehead atoms. The molecule has 1 aliphatic heterocycles.